The Morgan fingerprint density at radius 1 is 1.02 bits per heavy atom. The molecule has 0 saturated heterocycles. The summed E-state index contributed by atoms with van der Waals surface area (Å²) in [4.78, 5) is 45.4. The maximum atomic E-state index is 14.0. The fraction of sp³-hybridized carbons (Fsp3) is 0.242. The molecule has 5 rings (SSSR count). The number of Topliss-reactive ketones (excluding diaryl/α,β-unsaturated/α-hetero) is 1. The van der Waals surface area contributed by atoms with E-state index in [1.54, 1.807) is 13.2 Å². The number of imide groups is 1. The number of carbonyl (C=O) groups is 3. The van der Waals surface area contributed by atoms with Crippen LogP contribution in [-0.4, -0.2) is 47.2 Å². The lowest BCUT2D eigenvalue weighted by molar-refractivity contribution is -0.127. The number of methoxy groups -OCH3 is 1. The number of nitrogens with one attached hydrogen (secondary N) is 1. The van der Waals surface area contributed by atoms with E-state index in [2.05, 4.69) is 4.98 Å². The van der Waals surface area contributed by atoms with Crippen molar-refractivity contribution in [1.29, 1.82) is 0 Å². The Labute approximate surface area is 253 Å². The van der Waals surface area contributed by atoms with Crippen LogP contribution in [0.1, 0.15) is 33.8 Å². The molecule has 2 aromatic heterocycles. The first-order valence-electron chi connectivity index (χ1n) is 13.8. The normalized spacial score (nSPS) is 12.0. The molecule has 0 unspecified atom stereocenters. The van der Waals surface area contributed by atoms with Gasteiger partial charge in [0.15, 0.2) is 5.78 Å². The van der Waals surface area contributed by atoms with E-state index in [1.165, 1.54) is 28.0 Å². The topological polar surface area (TPSA) is 105 Å². The molecule has 9 heteroatoms. The van der Waals surface area contributed by atoms with Crippen molar-refractivity contribution >= 4 is 68.1 Å². The molecule has 0 aliphatic rings. The van der Waals surface area contributed by atoms with Crippen LogP contribution in [0.5, 0.6) is 5.75 Å². The molecule has 3 N–H and O–H groups in total. The molecule has 0 aliphatic heterocycles. The highest BCUT2D eigenvalue weighted by atomic mass is 32.2. The maximum absolute atomic E-state index is 14.0. The van der Waals surface area contributed by atoms with Crippen molar-refractivity contribution in [2.45, 2.75) is 32.2 Å². The summed E-state index contributed by atoms with van der Waals surface area (Å²) in [5.74, 6) is 1.08. The molecule has 2 amide bonds. The van der Waals surface area contributed by atoms with Gasteiger partial charge in [0.1, 0.15) is 5.75 Å². The first-order chi connectivity index (χ1) is 20.4. The van der Waals surface area contributed by atoms with E-state index in [9.17, 15) is 14.4 Å². The average molecular weight is 600 g/mol. The molecule has 1 atom stereocenters. The minimum absolute atomic E-state index is 0.0188. The number of aromatic nitrogens is 1. The van der Waals surface area contributed by atoms with Gasteiger partial charge in [-0.2, -0.15) is 11.8 Å². The van der Waals surface area contributed by atoms with Gasteiger partial charge >= 0.3 is 0 Å². The monoisotopic (exact) mass is 599 g/mol. The lowest BCUT2D eigenvalue weighted by atomic mass is 10.0. The summed E-state index contributed by atoms with van der Waals surface area (Å²) in [6.45, 7) is 1.92. The number of anilines is 1. The van der Waals surface area contributed by atoms with E-state index in [-0.39, 0.29) is 18.1 Å². The largest absolute Gasteiger partial charge is 0.497 e. The first-order valence-corrected chi connectivity index (χ1v) is 15.8. The SMILES string of the molecule is COc1ccc2[nH]c(C)c(CC(=O)N(C(=O)[C@@H](N)CCCSCC(=O)c3cccs3)c3ccc4ccccc4c3)c2c1. The molecule has 0 aliphatic carbocycles. The van der Waals surface area contributed by atoms with Crippen molar-refractivity contribution in [2.75, 3.05) is 23.5 Å². The summed E-state index contributed by atoms with van der Waals surface area (Å²) < 4.78 is 5.41. The van der Waals surface area contributed by atoms with Gasteiger partial charge in [-0.25, -0.2) is 4.90 Å². The first kappa shape index (κ1) is 29.6. The van der Waals surface area contributed by atoms with E-state index in [0.29, 0.717) is 35.8 Å². The number of aryl methyl sites for hydroxylation is 1. The number of nitrogens with zero attached hydrogens (tertiary/aromatic N) is 1. The predicted octanol–water partition coefficient (Wildman–Crippen LogP) is 6.53. The number of hydrogen-bond donors (Lipinski definition) is 2. The number of aromatic amines is 1. The third-order valence-electron chi connectivity index (χ3n) is 7.27. The standard InChI is InChI=1S/C33H33N3O4S2/c1-21-26(27-18-25(40-2)13-14-29(27)35-21)19-32(38)36(24-12-11-22-7-3-4-8-23(22)17-24)33(39)28(34)9-5-15-41-20-30(37)31-10-6-16-42-31/h3-4,6-8,10-14,16-18,28,35H,5,9,15,19-20,34H2,1-2H3/t28-/m0/s1. The predicted molar refractivity (Wildman–Crippen MR) is 173 cm³/mol. The number of ketones is 1. The second kappa shape index (κ2) is 13.4. The Morgan fingerprint density at radius 3 is 2.60 bits per heavy atom. The second-order valence-corrected chi connectivity index (χ2v) is 12.2. The molecule has 7 nitrogen and oxygen atoms in total. The lowest BCUT2D eigenvalue weighted by Crippen LogP contribution is -2.47. The van der Waals surface area contributed by atoms with Crippen LogP contribution >= 0.6 is 23.1 Å². The fourth-order valence-electron chi connectivity index (χ4n) is 5.02. The van der Waals surface area contributed by atoms with E-state index < -0.39 is 11.9 Å². The number of carbonyl (C=O) groups excluding carboxylic acids is 3. The van der Waals surface area contributed by atoms with Gasteiger partial charge in [0.2, 0.25) is 5.91 Å². The summed E-state index contributed by atoms with van der Waals surface area (Å²) in [5.41, 5.74) is 9.47. The molecule has 42 heavy (non-hydrogen) atoms. The molecule has 0 bridgehead atoms. The average Bonchev–Trinajstić information content (AvgIpc) is 3.65. The van der Waals surface area contributed by atoms with E-state index in [1.807, 2.05) is 79.0 Å². The van der Waals surface area contributed by atoms with Crippen LogP contribution in [0, 0.1) is 6.92 Å². The molecule has 3 aromatic carbocycles. The van der Waals surface area contributed by atoms with Crippen molar-refractivity contribution in [3.05, 3.63) is 94.3 Å². The Bertz CT molecular complexity index is 1730. The summed E-state index contributed by atoms with van der Waals surface area (Å²) in [6.07, 6.45) is 1.07. The number of nitrogens with two attached hydrogens (primary N) is 1. The highest BCUT2D eigenvalue weighted by Gasteiger charge is 2.29. The van der Waals surface area contributed by atoms with Gasteiger partial charge in [-0.05, 0) is 83.6 Å². The molecule has 2 heterocycles. The molecule has 5 aromatic rings. The second-order valence-electron chi connectivity index (χ2n) is 10.1. The Morgan fingerprint density at radius 2 is 1.83 bits per heavy atom. The van der Waals surface area contributed by atoms with Gasteiger partial charge in [0.05, 0.1) is 35.9 Å². The molecular weight excluding hydrogens is 567 g/mol. The maximum Gasteiger partial charge on any atom is 0.250 e. The Kier molecular flexibility index (Phi) is 9.41. The van der Waals surface area contributed by atoms with Crippen LogP contribution in [-0.2, 0) is 16.0 Å². The third kappa shape index (κ3) is 6.59. The zero-order valence-electron chi connectivity index (χ0n) is 23.6. The number of hydrogen-bond acceptors (Lipinski definition) is 7. The number of fused-ring (bicyclic) bond motifs is 2. The minimum atomic E-state index is -0.863. The van der Waals surface area contributed by atoms with Crippen molar-refractivity contribution in [1.82, 2.24) is 4.98 Å². The van der Waals surface area contributed by atoms with Crippen LogP contribution in [0.3, 0.4) is 0 Å². The zero-order valence-corrected chi connectivity index (χ0v) is 25.2. The van der Waals surface area contributed by atoms with E-state index >= 15 is 0 Å². The van der Waals surface area contributed by atoms with Gasteiger partial charge < -0.3 is 15.5 Å². The summed E-state index contributed by atoms with van der Waals surface area (Å²) in [7, 11) is 1.60. The number of amides is 2. The summed E-state index contributed by atoms with van der Waals surface area (Å²) in [6, 6.07) is 21.9. The fourth-order valence-corrected chi connectivity index (χ4v) is 6.64. The number of thioether (sulfide) groups is 1. The van der Waals surface area contributed by atoms with Gasteiger partial charge in [-0.1, -0.05) is 36.4 Å². The van der Waals surface area contributed by atoms with Crippen molar-refractivity contribution < 1.29 is 19.1 Å². The van der Waals surface area contributed by atoms with Crippen molar-refractivity contribution in [3.8, 4) is 5.75 Å². The van der Waals surface area contributed by atoms with Crippen molar-refractivity contribution in [3.63, 3.8) is 0 Å². The van der Waals surface area contributed by atoms with Crippen LogP contribution in [0.25, 0.3) is 21.7 Å². The number of benzene rings is 3. The number of rotatable bonds is 12. The van der Waals surface area contributed by atoms with Gasteiger partial charge in [0, 0.05) is 16.6 Å². The molecular formula is C33H33N3O4S2. The van der Waals surface area contributed by atoms with Crippen LogP contribution in [0.4, 0.5) is 5.69 Å². The molecule has 0 radical (unpaired) electrons. The van der Waals surface area contributed by atoms with Gasteiger partial charge in [0.25, 0.3) is 5.91 Å². The molecule has 0 saturated carbocycles. The Hall–Kier alpha value is -3.92. The lowest BCUT2D eigenvalue weighted by Gasteiger charge is -2.25. The molecule has 0 fully saturated rings. The number of H-pyrrole nitrogens is 1. The van der Waals surface area contributed by atoms with Crippen LogP contribution in [0.15, 0.2) is 78.2 Å². The highest BCUT2D eigenvalue weighted by molar-refractivity contribution is 7.99. The third-order valence-corrected chi connectivity index (χ3v) is 9.22. The molecule has 216 valence electrons. The number of ether oxygens (including phenoxy) is 1. The zero-order chi connectivity index (χ0) is 29.6. The van der Waals surface area contributed by atoms with E-state index in [0.717, 1.165) is 37.8 Å². The summed E-state index contributed by atoms with van der Waals surface area (Å²) >= 11 is 2.97. The van der Waals surface area contributed by atoms with Gasteiger partial charge in [-0.3, -0.25) is 14.4 Å². The quantitative estimate of drug-likeness (QED) is 0.125. The number of thiophene rings is 1. The van der Waals surface area contributed by atoms with Gasteiger partial charge in [-0.15, -0.1) is 11.3 Å². The minimum Gasteiger partial charge on any atom is -0.497 e. The Balaban J connectivity index is 1.34. The summed E-state index contributed by atoms with van der Waals surface area (Å²) in [5, 5.41) is 4.71. The van der Waals surface area contributed by atoms with Crippen molar-refractivity contribution in [2.24, 2.45) is 5.73 Å². The smallest absolute Gasteiger partial charge is 0.250 e. The van der Waals surface area contributed by atoms with E-state index in [4.69, 9.17) is 10.5 Å². The molecule has 0 spiro atoms. The van der Waals surface area contributed by atoms with Crippen LogP contribution in [0.2, 0.25) is 0 Å². The highest BCUT2D eigenvalue weighted by Crippen LogP contribution is 2.29. The van der Waals surface area contributed by atoms with Crippen LogP contribution < -0.4 is 15.4 Å².